The first-order valence-electron chi connectivity index (χ1n) is 6.22. The van der Waals surface area contributed by atoms with Gasteiger partial charge in [-0.3, -0.25) is 9.78 Å². The van der Waals surface area contributed by atoms with Gasteiger partial charge in [0.2, 0.25) is 5.91 Å². The van der Waals surface area contributed by atoms with E-state index in [2.05, 4.69) is 17.2 Å². The maximum Gasteiger partial charge on any atom is 0.230 e. The quantitative estimate of drug-likeness (QED) is 0.847. The molecule has 1 saturated heterocycles. The number of piperazine rings is 1. The van der Waals surface area contributed by atoms with Gasteiger partial charge in [-0.25, -0.2) is 0 Å². The van der Waals surface area contributed by atoms with Gasteiger partial charge in [0, 0.05) is 38.6 Å². The molecule has 0 radical (unpaired) electrons. The van der Waals surface area contributed by atoms with Crippen molar-refractivity contribution < 1.29 is 4.79 Å². The van der Waals surface area contributed by atoms with Crippen molar-refractivity contribution in [3.63, 3.8) is 0 Å². The van der Waals surface area contributed by atoms with Crippen molar-refractivity contribution in [1.82, 2.24) is 15.2 Å². The van der Waals surface area contributed by atoms with Gasteiger partial charge >= 0.3 is 0 Å². The third-order valence-electron chi connectivity index (χ3n) is 3.22. The highest BCUT2D eigenvalue weighted by Gasteiger charge is 2.25. The van der Waals surface area contributed by atoms with E-state index in [0.717, 1.165) is 38.2 Å². The lowest BCUT2D eigenvalue weighted by molar-refractivity contribution is -0.133. The molecule has 1 unspecified atom stereocenters. The van der Waals surface area contributed by atoms with Gasteiger partial charge in [-0.1, -0.05) is 13.0 Å². The first kappa shape index (κ1) is 12.0. The van der Waals surface area contributed by atoms with Crippen LogP contribution in [0.15, 0.2) is 24.5 Å². The van der Waals surface area contributed by atoms with Crippen LogP contribution in [0.1, 0.15) is 24.8 Å². The minimum absolute atomic E-state index is 0.0400. The molecule has 0 bridgehead atoms. The lowest BCUT2D eigenvalue weighted by Gasteiger charge is -2.30. The summed E-state index contributed by atoms with van der Waals surface area (Å²) in [4.78, 5) is 18.5. The molecule has 4 nitrogen and oxygen atoms in total. The number of pyridine rings is 1. The standard InChI is InChI=1S/C13H19N3O/c1-2-12(11-4-3-5-15-10-11)13(17)16-8-6-14-7-9-16/h3-5,10,12,14H,2,6-9H2,1H3. The summed E-state index contributed by atoms with van der Waals surface area (Å²) in [6, 6.07) is 3.88. The van der Waals surface area contributed by atoms with Crippen molar-refractivity contribution in [2.24, 2.45) is 0 Å². The van der Waals surface area contributed by atoms with Gasteiger partial charge in [0.05, 0.1) is 5.92 Å². The van der Waals surface area contributed by atoms with Crippen LogP contribution in [0.2, 0.25) is 0 Å². The van der Waals surface area contributed by atoms with E-state index in [1.54, 1.807) is 12.4 Å². The van der Waals surface area contributed by atoms with Crippen LogP contribution >= 0.6 is 0 Å². The van der Waals surface area contributed by atoms with Crippen molar-refractivity contribution in [2.75, 3.05) is 26.2 Å². The molecule has 4 heteroatoms. The van der Waals surface area contributed by atoms with Crippen molar-refractivity contribution in [2.45, 2.75) is 19.3 Å². The predicted molar refractivity (Wildman–Crippen MR) is 66.7 cm³/mol. The Morgan fingerprint density at radius 3 is 2.88 bits per heavy atom. The summed E-state index contributed by atoms with van der Waals surface area (Å²) >= 11 is 0. The third kappa shape index (κ3) is 2.82. The molecular weight excluding hydrogens is 214 g/mol. The van der Waals surface area contributed by atoms with E-state index < -0.39 is 0 Å². The Labute approximate surface area is 102 Å². The molecule has 1 N–H and O–H groups in total. The van der Waals surface area contributed by atoms with Crippen LogP contribution < -0.4 is 5.32 Å². The molecule has 17 heavy (non-hydrogen) atoms. The fourth-order valence-electron chi connectivity index (χ4n) is 2.24. The normalized spacial score (nSPS) is 17.8. The van der Waals surface area contributed by atoms with Crippen molar-refractivity contribution in [3.05, 3.63) is 30.1 Å². The summed E-state index contributed by atoms with van der Waals surface area (Å²) in [5.74, 6) is 0.198. The van der Waals surface area contributed by atoms with E-state index >= 15 is 0 Å². The first-order chi connectivity index (χ1) is 8.33. The van der Waals surface area contributed by atoms with Gasteiger partial charge in [0.1, 0.15) is 0 Å². The monoisotopic (exact) mass is 233 g/mol. The number of nitrogens with zero attached hydrogens (tertiary/aromatic N) is 2. The number of aromatic nitrogens is 1. The zero-order valence-electron chi connectivity index (χ0n) is 10.2. The van der Waals surface area contributed by atoms with Crippen molar-refractivity contribution >= 4 is 5.91 Å². The van der Waals surface area contributed by atoms with E-state index in [4.69, 9.17) is 0 Å². The first-order valence-corrected chi connectivity index (χ1v) is 6.22. The van der Waals surface area contributed by atoms with E-state index in [9.17, 15) is 4.79 Å². The Hall–Kier alpha value is -1.42. The van der Waals surface area contributed by atoms with Crippen LogP contribution in [0.25, 0.3) is 0 Å². The average Bonchev–Trinajstić information content (AvgIpc) is 2.42. The number of rotatable bonds is 3. The van der Waals surface area contributed by atoms with Gasteiger partial charge in [-0.2, -0.15) is 0 Å². The second kappa shape index (κ2) is 5.77. The largest absolute Gasteiger partial charge is 0.340 e. The van der Waals surface area contributed by atoms with Gasteiger partial charge in [-0.15, -0.1) is 0 Å². The molecule has 1 amide bonds. The maximum absolute atomic E-state index is 12.4. The molecule has 1 aromatic rings. The molecule has 92 valence electrons. The summed E-state index contributed by atoms with van der Waals surface area (Å²) in [5.41, 5.74) is 1.03. The fourth-order valence-corrected chi connectivity index (χ4v) is 2.24. The highest BCUT2D eigenvalue weighted by Crippen LogP contribution is 2.21. The highest BCUT2D eigenvalue weighted by atomic mass is 16.2. The molecule has 0 aromatic carbocycles. The fraction of sp³-hybridized carbons (Fsp3) is 0.538. The van der Waals surface area contributed by atoms with Gasteiger partial charge < -0.3 is 10.2 Å². The summed E-state index contributed by atoms with van der Waals surface area (Å²) in [7, 11) is 0. The third-order valence-corrected chi connectivity index (χ3v) is 3.22. The zero-order chi connectivity index (χ0) is 12.1. The highest BCUT2D eigenvalue weighted by molar-refractivity contribution is 5.83. The second-order valence-electron chi connectivity index (χ2n) is 4.32. The Kier molecular flexibility index (Phi) is 4.09. The summed E-state index contributed by atoms with van der Waals surface area (Å²) in [6.45, 7) is 5.48. The minimum Gasteiger partial charge on any atom is -0.340 e. The van der Waals surface area contributed by atoms with Crippen LogP contribution in [0, 0.1) is 0 Å². The SMILES string of the molecule is CCC(C(=O)N1CCNCC1)c1cccnc1. The number of amides is 1. The molecule has 0 saturated carbocycles. The molecule has 0 spiro atoms. The summed E-state index contributed by atoms with van der Waals surface area (Å²) in [6.07, 6.45) is 4.37. The van der Waals surface area contributed by atoms with Gasteiger partial charge in [-0.05, 0) is 18.1 Å². The van der Waals surface area contributed by atoms with E-state index in [-0.39, 0.29) is 11.8 Å². The van der Waals surface area contributed by atoms with Crippen LogP contribution in [0.3, 0.4) is 0 Å². The number of carbonyl (C=O) groups excluding carboxylic acids is 1. The number of hydrogen-bond acceptors (Lipinski definition) is 3. The Morgan fingerprint density at radius 2 is 2.29 bits per heavy atom. The maximum atomic E-state index is 12.4. The number of carbonyl (C=O) groups is 1. The van der Waals surface area contributed by atoms with E-state index in [0.29, 0.717) is 0 Å². The average molecular weight is 233 g/mol. The van der Waals surface area contributed by atoms with Gasteiger partial charge in [0.15, 0.2) is 0 Å². The second-order valence-corrected chi connectivity index (χ2v) is 4.32. The summed E-state index contributed by atoms with van der Waals surface area (Å²) < 4.78 is 0. The van der Waals surface area contributed by atoms with Crippen molar-refractivity contribution in [3.8, 4) is 0 Å². The Balaban J connectivity index is 2.10. The lowest BCUT2D eigenvalue weighted by Crippen LogP contribution is -2.48. The molecule has 1 atom stereocenters. The number of hydrogen-bond donors (Lipinski definition) is 1. The Bertz CT molecular complexity index is 360. The molecule has 2 rings (SSSR count). The van der Waals surface area contributed by atoms with E-state index in [1.807, 2.05) is 17.0 Å². The predicted octanol–water partition coefficient (Wildman–Crippen LogP) is 1.01. The van der Waals surface area contributed by atoms with Gasteiger partial charge in [0.25, 0.3) is 0 Å². The van der Waals surface area contributed by atoms with Crippen molar-refractivity contribution in [1.29, 1.82) is 0 Å². The topological polar surface area (TPSA) is 45.2 Å². The summed E-state index contributed by atoms with van der Waals surface area (Å²) in [5, 5.41) is 3.26. The van der Waals surface area contributed by atoms with Crippen LogP contribution in [0.5, 0.6) is 0 Å². The molecular formula is C13H19N3O. The van der Waals surface area contributed by atoms with Crippen LogP contribution in [-0.4, -0.2) is 42.0 Å². The molecule has 1 aliphatic rings. The van der Waals surface area contributed by atoms with E-state index in [1.165, 1.54) is 0 Å². The van der Waals surface area contributed by atoms with Crippen LogP contribution in [-0.2, 0) is 4.79 Å². The molecule has 1 aliphatic heterocycles. The molecule has 1 aromatic heterocycles. The molecule has 2 heterocycles. The van der Waals surface area contributed by atoms with Crippen LogP contribution in [0.4, 0.5) is 0 Å². The Morgan fingerprint density at radius 1 is 1.53 bits per heavy atom. The minimum atomic E-state index is -0.0400. The number of nitrogens with one attached hydrogen (secondary N) is 1. The smallest absolute Gasteiger partial charge is 0.230 e. The molecule has 0 aliphatic carbocycles. The lowest BCUT2D eigenvalue weighted by atomic mass is 9.96. The molecule has 1 fully saturated rings. The zero-order valence-corrected chi connectivity index (χ0v) is 10.2.